The van der Waals surface area contributed by atoms with Gasteiger partial charge in [-0.15, -0.1) is 0 Å². The number of hydrogen-bond acceptors (Lipinski definition) is 7. The highest BCUT2D eigenvalue weighted by Crippen LogP contribution is 2.32. The van der Waals surface area contributed by atoms with E-state index < -0.39 is 21.9 Å². The molecule has 10 nitrogen and oxygen atoms in total. The molecule has 0 spiro atoms. The number of anilines is 1. The molecule has 1 amide bonds. The number of ether oxygens (including phenoxy) is 1. The number of rotatable bonds is 8. The van der Waals surface area contributed by atoms with Crippen LogP contribution in [-0.4, -0.2) is 57.4 Å². The largest absolute Gasteiger partial charge is 0.422 e. The van der Waals surface area contributed by atoms with Crippen LogP contribution in [0.4, 0.5) is 10.5 Å². The summed E-state index contributed by atoms with van der Waals surface area (Å²) in [6.07, 6.45) is -0.421. The highest BCUT2D eigenvalue weighted by atomic mass is 35.5. The maximum absolute atomic E-state index is 12.8. The number of fused-ring (bicyclic) bond motifs is 1. The van der Waals surface area contributed by atoms with E-state index in [0.29, 0.717) is 27.8 Å². The molecule has 12 heteroatoms. The molecule has 0 aliphatic heterocycles. The number of benzene rings is 2. The molecule has 3 N–H and O–H groups in total. The van der Waals surface area contributed by atoms with Crippen molar-refractivity contribution in [3.8, 4) is 5.75 Å². The molecule has 2 aromatic carbocycles. The first kappa shape index (κ1) is 27.5. The van der Waals surface area contributed by atoms with Crippen molar-refractivity contribution in [3.63, 3.8) is 0 Å². The number of nitrogens with two attached hydrogens (primary N) is 1. The molecule has 1 aromatic heterocycles. The van der Waals surface area contributed by atoms with Gasteiger partial charge in [-0.3, -0.25) is 4.72 Å². The lowest BCUT2D eigenvalue weighted by Crippen LogP contribution is -2.39. The van der Waals surface area contributed by atoms with E-state index in [1.165, 1.54) is 32.1 Å². The fraction of sp³-hybridized carbons (Fsp3) is 0.333. The summed E-state index contributed by atoms with van der Waals surface area (Å²) in [7, 11) is 0.714. The first-order valence-corrected chi connectivity index (χ1v) is 12.8. The van der Waals surface area contributed by atoms with E-state index >= 15 is 0 Å². The van der Waals surface area contributed by atoms with Gasteiger partial charge < -0.3 is 19.8 Å². The van der Waals surface area contributed by atoms with Gasteiger partial charge in [0.15, 0.2) is 5.75 Å². The standard InChI is InChI=1S/C24H29ClN4O6S/c1-14(26)13-29(5)36(32,33)27-17-8-6-7-16(9-17)10-19-15(2)18-11-20(25)22(35-24(31)28(3)4)12-21(18)34-23(19)30/h6-9,11-12,14,27H,10,13,26H2,1-5H3. The Morgan fingerprint density at radius 2 is 1.92 bits per heavy atom. The quantitative estimate of drug-likeness (QED) is 0.421. The number of nitrogens with zero attached hydrogens (tertiary/aromatic N) is 2. The Bertz CT molecular complexity index is 1450. The van der Waals surface area contributed by atoms with Crippen LogP contribution < -0.4 is 20.8 Å². The van der Waals surface area contributed by atoms with Gasteiger partial charge in [0.05, 0.1) is 10.7 Å². The molecule has 0 fully saturated rings. The molecule has 36 heavy (non-hydrogen) atoms. The molecule has 0 radical (unpaired) electrons. The van der Waals surface area contributed by atoms with Crippen LogP contribution in [0, 0.1) is 6.92 Å². The Labute approximate surface area is 214 Å². The fourth-order valence-electron chi connectivity index (χ4n) is 3.54. The minimum Gasteiger partial charge on any atom is -0.422 e. The molecule has 0 saturated carbocycles. The topological polar surface area (TPSA) is 135 Å². The van der Waals surface area contributed by atoms with Gasteiger partial charge in [0.1, 0.15) is 5.58 Å². The van der Waals surface area contributed by atoms with E-state index in [1.807, 2.05) is 0 Å². The average molecular weight is 537 g/mol. The molecule has 1 unspecified atom stereocenters. The van der Waals surface area contributed by atoms with Gasteiger partial charge >= 0.3 is 21.9 Å². The van der Waals surface area contributed by atoms with Crippen molar-refractivity contribution in [2.45, 2.75) is 26.3 Å². The number of carbonyl (C=O) groups is 1. The second kappa shape index (κ2) is 10.9. The molecule has 0 saturated heterocycles. The molecule has 194 valence electrons. The number of hydrogen-bond donors (Lipinski definition) is 2. The number of nitrogens with one attached hydrogen (secondary N) is 1. The van der Waals surface area contributed by atoms with Crippen LogP contribution in [-0.2, 0) is 16.6 Å². The van der Waals surface area contributed by atoms with Gasteiger partial charge in [0, 0.05) is 57.2 Å². The zero-order valence-electron chi connectivity index (χ0n) is 20.7. The number of likely N-dealkylation sites (N-methyl/N-ethyl adjacent to an activating group) is 1. The third kappa shape index (κ3) is 6.35. The van der Waals surface area contributed by atoms with E-state index in [0.717, 1.165) is 4.31 Å². The third-order valence-corrected chi connectivity index (χ3v) is 7.17. The molecule has 0 bridgehead atoms. The van der Waals surface area contributed by atoms with Gasteiger partial charge in [-0.1, -0.05) is 23.7 Å². The Balaban J connectivity index is 1.91. The smallest absolute Gasteiger partial charge is 0.414 e. The van der Waals surface area contributed by atoms with Gasteiger partial charge in [-0.25, -0.2) is 9.59 Å². The maximum Gasteiger partial charge on any atom is 0.414 e. The minimum atomic E-state index is -3.80. The van der Waals surface area contributed by atoms with Crippen LogP contribution >= 0.6 is 11.6 Å². The Morgan fingerprint density at radius 3 is 2.56 bits per heavy atom. The minimum absolute atomic E-state index is 0.0761. The molecule has 3 rings (SSSR count). The van der Waals surface area contributed by atoms with Crippen LogP contribution in [0.1, 0.15) is 23.6 Å². The summed E-state index contributed by atoms with van der Waals surface area (Å²) in [6.45, 7) is 3.64. The van der Waals surface area contributed by atoms with Crippen molar-refractivity contribution in [2.24, 2.45) is 5.73 Å². The van der Waals surface area contributed by atoms with Crippen molar-refractivity contribution in [3.05, 3.63) is 68.5 Å². The molecule has 1 heterocycles. The number of halogens is 1. The van der Waals surface area contributed by atoms with Crippen molar-refractivity contribution < 1.29 is 22.4 Å². The van der Waals surface area contributed by atoms with E-state index in [-0.39, 0.29) is 35.4 Å². The first-order valence-electron chi connectivity index (χ1n) is 11.0. The van der Waals surface area contributed by atoms with E-state index in [4.69, 9.17) is 26.5 Å². The number of carbonyl (C=O) groups excluding carboxylic acids is 1. The van der Waals surface area contributed by atoms with Crippen LogP contribution in [0.25, 0.3) is 11.0 Å². The summed E-state index contributed by atoms with van der Waals surface area (Å²) in [5.41, 5.74) is 7.46. The van der Waals surface area contributed by atoms with Crippen LogP contribution in [0.15, 0.2) is 45.6 Å². The predicted molar refractivity (Wildman–Crippen MR) is 140 cm³/mol. The van der Waals surface area contributed by atoms with Crippen molar-refractivity contribution in [1.82, 2.24) is 9.21 Å². The monoisotopic (exact) mass is 536 g/mol. The first-order chi connectivity index (χ1) is 16.8. The molecule has 3 aromatic rings. The lowest BCUT2D eigenvalue weighted by atomic mass is 9.99. The van der Waals surface area contributed by atoms with E-state index in [9.17, 15) is 18.0 Å². The van der Waals surface area contributed by atoms with Crippen molar-refractivity contribution in [1.29, 1.82) is 0 Å². The average Bonchev–Trinajstić information content (AvgIpc) is 2.77. The van der Waals surface area contributed by atoms with Gasteiger partial charge in [0.25, 0.3) is 0 Å². The second-order valence-electron chi connectivity index (χ2n) is 8.78. The van der Waals surface area contributed by atoms with Gasteiger partial charge in [-0.2, -0.15) is 12.7 Å². The Hall–Kier alpha value is -3.12. The third-order valence-electron chi connectivity index (χ3n) is 5.41. The normalized spacial score (nSPS) is 12.6. The van der Waals surface area contributed by atoms with E-state index in [1.54, 1.807) is 44.2 Å². The molecule has 0 aliphatic rings. The number of amides is 1. The summed E-state index contributed by atoms with van der Waals surface area (Å²) in [6, 6.07) is 9.41. The zero-order chi connectivity index (χ0) is 26.8. The fourth-order valence-corrected chi connectivity index (χ4v) is 4.75. The highest BCUT2D eigenvalue weighted by molar-refractivity contribution is 7.90. The van der Waals surface area contributed by atoms with E-state index in [2.05, 4.69) is 4.72 Å². The van der Waals surface area contributed by atoms with Gasteiger partial charge in [0.2, 0.25) is 0 Å². The van der Waals surface area contributed by atoms with Crippen LogP contribution in [0.5, 0.6) is 5.75 Å². The highest BCUT2D eigenvalue weighted by Gasteiger charge is 2.20. The summed E-state index contributed by atoms with van der Waals surface area (Å²) in [4.78, 5) is 26.0. The second-order valence-corrected chi connectivity index (χ2v) is 11.0. The summed E-state index contributed by atoms with van der Waals surface area (Å²) >= 11 is 6.32. The van der Waals surface area contributed by atoms with Gasteiger partial charge in [-0.05, 0) is 43.2 Å². The zero-order valence-corrected chi connectivity index (χ0v) is 22.2. The van der Waals surface area contributed by atoms with Crippen LogP contribution in [0.2, 0.25) is 5.02 Å². The maximum atomic E-state index is 12.8. The Morgan fingerprint density at radius 1 is 1.22 bits per heavy atom. The van der Waals surface area contributed by atoms with Crippen molar-refractivity contribution >= 4 is 44.6 Å². The van der Waals surface area contributed by atoms with Crippen molar-refractivity contribution in [2.75, 3.05) is 32.4 Å². The molecular formula is C24H29ClN4O6S. The lowest BCUT2D eigenvalue weighted by Gasteiger charge is -2.20. The summed E-state index contributed by atoms with van der Waals surface area (Å²) in [5, 5.41) is 0.779. The molecule has 1 atom stereocenters. The number of aryl methyl sites for hydroxylation is 1. The molecule has 0 aliphatic carbocycles. The summed E-state index contributed by atoms with van der Waals surface area (Å²) < 4.78 is 39.6. The molecular weight excluding hydrogens is 508 g/mol. The Kier molecular flexibility index (Phi) is 8.29. The van der Waals surface area contributed by atoms with Crippen LogP contribution in [0.3, 0.4) is 0 Å². The lowest BCUT2D eigenvalue weighted by molar-refractivity contribution is 0.172. The predicted octanol–water partition coefficient (Wildman–Crippen LogP) is 3.34. The summed E-state index contributed by atoms with van der Waals surface area (Å²) in [5.74, 6) is 0.0761. The SMILES string of the molecule is Cc1c(Cc2cccc(NS(=O)(=O)N(C)CC(C)N)c2)c(=O)oc2cc(OC(=O)N(C)C)c(Cl)cc12.